The number of phosphoric acid groups is 1. The topological polar surface area (TPSA) is 98.7 Å². The van der Waals surface area contributed by atoms with Crippen LogP contribution in [-0.2, 0) is 28.0 Å². The number of hydrogen-bond acceptors (Lipinski definition) is 8. The van der Waals surface area contributed by atoms with Crippen molar-refractivity contribution < 1.29 is 37.8 Å². The van der Waals surface area contributed by atoms with Crippen molar-refractivity contribution in [1.29, 1.82) is 0 Å². The van der Waals surface area contributed by atoms with E-state index >= 15 is 0 Å². The van der Waals surface area contributed by atoms with Gasteiger partial charge in [-0.3, -0.25) is 0 Å². The Morgan fingerprint density at radius 3 is 2.22 bits per heavy atom. The van der Waals surface area contributed by atoms with Gasteiger partial charge in [0.2, 0.25) is 0 Å². The first-order valence-electron chi connectivity index (χ1n) is 7.34. The molecule has 0 saturated carbocycles. The van der Waals surface area contributed by atoms with E-state index in [1.54, 1.807) is 0 Å². The number of methoxy groups -OCH3 is 2. The molecule has 2 heterocycles. The first kappa shape index (κ1) is 19.6. The first-order chi connectivity index (χ1) is 10.8. The maximum Gasteiger partial charge on any atom is 0.377 e. The molecule has 0 amide bonds. The second-order valence-corrected chi connectivity index (χ2v) is 6.94. The van der Waals surface area contributed by atoms with Crippen molar-refractivity contribution in [3.8, 4) is 0 Å². The molecule has 0 aliphatic carbocycles. The molecule has 2 rings (SSSR count). The molecule has 2 aliphatic heterocycles. The van der Waals surface area contributed by atoms with Crippen LogP contribution in [0.2, 0.25) is 0 Å². The molecule has 23 heavy (non-hydrogen) atoms. The summed E-state index contributed by atoms with van der Waals surface area (Å²) in [7, 11) is 10.0. The van der Waals surface area contributed by atoms with Crippen LogP contribution in [0.3, 0.4) is 0 Å². The third-order valence-corrected chi connectivity index (χ3v) is 4.77. The van der Waals surface area contributed by atoms with Gasteiger partial charge in [0.15, 0.2) is 0 Å². The Hall–Kier alpha value is 0.240. The third-order valence-electron chi connectivity index (χ3n) is 3.76. The van der Waals surface area contributed by atoms with Gasteiger partial charge in [0, 0.05) is 26.2 Å². The molecule has 2 fully saturated rings. The van der Waals surface area contributed by atoms with Crippen molar-refractivity contribution in [2.24, 2.45) is 0 Å². The lowest BCUT2D eigenvalue weighted by molar-refractivity contribution is -0.251. The summed E-state index contributed by atoms with van der Waals surface area (Å²) in [5.41, 5.74) is 0. The molecule has 0 aromatic rings. The van der Waals surface area contributed by atoms with Crippen LogP contribution in [0.4, 0.5) is 0 Å². The highest BCUT2D eigenvalue weighted by Gasteiger charge is 2.43. The van der Waals surface area contributed by atoms with Crippen LogP contribution in [0.5, 0.6) is 0 Å². The highest BCUT2D eigenvalue weighted by atomic mass is 31.2. The summed E-state index contributed by atoms with van der Waals surface area (Å²) in [6.45, 7) is 0.0270. The Kier molecular flexibility index (Phi) is 7.28. The first-order valence-corrected chi connectivity index (χ1v) is 8.83. The molecule has 2 saturated heterocycles. The Morgan fingerprint density at radius 1 is 1.09 bits per heavy atom. The quantitative estimate of drug-likeness (QED) is 0.426. The minimum absolute atomic E-state index is 0.172. The molecule has 11 heteroatoms. The second-order valence-electron chi connectivity index (χ2n) is 5.54. The van der Waals surface area contributed by atoms with Crippen molar-refractivity contribution in [2.45, 2.75) is 49.3 Å². The second kappa shape index (κ2) is 8.56. The van der Waals surface area contributed by atoms with E-state index in [0.29, 0.717) is 6.42 Å². The van der Waals surface area contributed by atoms with Crippen LogP contribution in [0.15, 0.2) is 0 Å². The number of rotatable bonds is 8. The molecular formula is C12H21B2O8P. The van der Waals surface area contributed by atoms with Gasteiger partial charge < -0.3 is 23.8 Å². The molecule has 7 atom stereocenters. The molecule has 0 bridgehead atoms. The van der Waals surface area contributed by atoms with Crippen LogP contribution >= 0.6 is 8.17 Å². The molecule has 1 N–H and O–H groups in total. The summed E-state index contributed by atoms with van der Waals surface area (Å²) >= 11 is 0. The smallest absolute Gasteiger partial charge is 0.377 e. The zero-order chi connectivity index (χ0) is 17.0. The summed E-state index contributed by atoms with van der Waals surface area (Å²) < 4.78 is 31.1. The van der Waals surface area contributed by atoms with Crippen LogP contribution < -0.4 is 4.89 Å². The zero-order valence-corrected chi connectivity index (χ0v) is 14.1. The average Bonchev–Trinajstić information content (AvgIpc) is 2.99. The van der Waals surface area contributed by atoms with Crippen molar-refractivity contribution >= 4 is 23.9 Å². The largest absolute Gasteiger partial charge is 0.606 e. The molecular weight excluding hydrogens is 325 g/mol. The minimum Gasteiger partial charge on any atom is -0.606 e. The third kappa shape index (κ3) is 5.63. The zero-order valence-electron chi connectivity index (χ0n) is 13.2. The summed E-state index contributed by atoms with van der Waals surface area (Å²) in [6, 6.07) is -1.06. The van der Waals surface area contributed by atoms with E-state index in [-0.39, 0.29) is 25.7 Å². The average molecular weight is 346 g/mol. The van der Waals surface area contributed by atoms with Gasteiger partial charge in [-0.15, -0.1) is 0 Å². The predicted octanol–water partition coefficient (Wildman–Crippen LogP) is -1.35. The van der Waals surface area contributed by atoms with Crippen molar-refractivity contribution in [3.05, 3.63) is 0 Å². The van der Waals surface area contributed by atoms with Crippen LogP contribution in [-0.4, -0.2) is 84.4 Å². The van der Waals surface area contributed by atoms with E-state index in [0.717, 1.165) is 0 Å². The van der Waals surface area contributed by atoms with Crippen LogP contribution in [0.25, 0.3) is 0 Å². The molecule has 8 nitrogen and oxygen atoms in total. The maximum absolute atomic E-state index is 12.1. The summed E-state index contributed by atoms with van der Waals surface area (Å²) in [5.74, 6) is 0. The number of hydrogen-bond donors (Lipinski definition) is 1. The van der Waals surface area contributed by atoms with Crippen LogP contribution in [0.1, 0.15) is 12.8 Å². The Balaban J connectivity index is 1.84. The Labute approximate surface area is 139 Å². The van der Waals surface area contributed by atoms with Gasteiger partial charge in [-0.2, -0.15) is 13.9 Å². The van der Waals surface area contributed by atoms with E-state index in [9.17, 15) is 9.79 Å². The van der Waals surface area contributed by atoms with Gasteiger partial charge in [0.05, 0.1) is 12.7 Å². The Morgan fingerprint density at radius 2 is 1.65 bits per heavy atom. The van der Waals surface area contributed by atoms with Gasteiger partial charge in [-0.1, -0.05) is 0 Å². The summed E-state index contributed by atoms with van der Waals surface area (Å²) in [5, 5.41) is 0. The molecule has 2 aliphatic rings. The van der Waals surface area contributed by atoms with Gasteiger partial charge >= 0.3 is 8.17 Å². The fraction of sp³-hybridized carbons (Fsp3) is 1.00. The molecule has 0 aromatic carbocycles. The summed E-state index contributed by atoms with van der Waals surface area (Å²) in [6.07, 6.45) is -1.28. The van der Waals surface area contributed by atoms with E-state index < -0.39 is 38.5 Å². The predicted molar refractivity (Wildman–Crippen MR) is 80.7 cm³/mol. The monoisotopic (exact) mass is 346 g/mol. The lowest BCUT2D eigenvalue weighted by atomic mass is 9.96. The minimum atomic E-state index is -4.31. The highest BCUT2D eigenvalue weighted by Crippen LogP contribution is 2.51. The highest BCUT2D eigenvalue weighted by molar-refractivity contribution is 7.52. The van der Waals surface area contributed by atoms with Crippen LogP contribution in [0, 0.1) is 0 Å². The van der Waals surface area contributed by atoms with Gasteiger partial charge in [0.25, 0.3) is 0 Å². The molecule has 128 valence electrons. The van der Waals surface area contributed by atoms with Crippen molar-refractivity contribution in [2.75, 3.05) is 27.4 Å². The maximum atomic E-state index is 12.1. The van der Waals surface area contributed by atoms with Gasteiger partial charge in [-0.25, -0.2) is 0 Å². The van der Waals surface area contributed by atoms with Crippen molar-refractivity contribution in [1.82, 2.24) is 0 Å². The number of phosphoric ester groups is 1. The van der Waals surface area contributed by atoms with Crippen molar-refractivity contribution in [3.63, 3.8) is 0 Å². The van der Waals surface area contributed by atoms with E-state index in [1.165, 1.54) is 14.2 Å². The lowest BCUT2D eigenvalue weighted by Crippen LogP contribution is -2.34. The Bertz CT molecular complexity index is 377. The lowest BCUT2D eigenvalue weighted by Gasteiger charge is -2.26. The SMILES string of the molecule is [B]C1CC(OC)C(CO[P+]([O-])(O)OC2CC([B])OC2COC)O1. The fourth-order valence-corrected chi connectivity index (χ4v) is 3.64. The fourth-order valence-electron chi connectivity index (χ4n) is 2.68. The van der Waals surface area contributed by atoms with E-state index in [1.807, 2.05) is 0 Å². The molecule has 0 spiro atoms. The normalized spacial score (nSPS) is 40.3. The van der Waals surface area contributed by atoms with E-state index in [4.69, 9.17) is 43.7 Å². The van der Waals surface area contributed by atoms with Gasteiger partial charge in [-0.05, 0) is 12.8 Å². The molecule has 7 unspecified atom stereocenters. The summed E-state index contributed by atoms with van der Waals surface area (Å²) in [4.78, 5) is 22.0. The van der Waals surface area contributed by atoms with E-state index in [2.05, 4.69) is 0 Å². The number of ether oxygens (including phenoxy) is 4. The van der Waals surface area contributed by atoms with Gasteiger partial charge in [0.1, 0.15) is 40.6 Å². The molecule has 0 aromatic heterocycles. The standard InChI is InChI=1S/C12H21B2O8P/c1-17-5-9-8(4-12(14)20-9)22-23(15,16)19-6-10-7(18-2)3-11(13)21-10/h7-12H,3-6H2,1-2H3,(H,15,16). The molecule has 4 radical (unpaired) electrons.